The van der Waals surface area contributed by atoms with Crippen LogP contribution in [0.15, 0.2) is 12.2 Å². The molecule has 0 aromatic carbocycles. The van der Waals surface area contributed by atoms with Crippen LogP contribution in [0.5, 0.6) is 0 Å². The largest absolute Gasteiger partial charge is 0.364 e. The highest BCUT2D eigenvalue weighted by atomic mass is 16.5. The van der Waals surface area contributed by atoms with Gasteiger partial charge in [0.25, 0.3) is 0 Å². The van der Waals surface area contributed by atoms with Crippen molar-refractivity contribution >= 4 is 5.91 Å². The van der Waals surface area contributed by atoms with E-state index in [0.29, 0.717) is 5.92 Å². The summed E-state index contributed by atoms with van der Waals surface area (Å²) in [5.41, 5.74) is 0. The van der Waals surface area contributed by atoms with E-state index in [1.165, 1.54) is 19.3 Å². The second kappa shape index (κ2) is 8.29. The van der Waals surface area contributed by atoms with Crippen molar-refractivity contribution in [3.63, 3.8) is 0 Å². The zero-order valence-electron chi connectivity index (χ0n) is 11.1. The maximum absolute atomic E-state index is 11.5. The molecular formula is C14H25NO2. The van der Waals surface area contributed by atoms with Crippen LogP contribution in [-0.2, 0) is 9.53 Å². The highest BCUT2D eigenvalue weighted by Crippen LogP contribution is 2.13. The fraction of sp³-hybridized carbons (Fsp3) is 0.786. The molecule has 0 fully saturated rings. The number of nitrogens with one attached hydrogen (secondary N) is 1. The number of carbonyl (C=O) groups is 1. The minimum absolute atomic E-state index is 0.00541. The number of allylic oxidation sites excluding steroid dienone is 1. The molecule has 3 heteroatoms. The lowest BCUT2D eigenvalue weighted by Gasteiger charge is -2.16. The minimum Gasteiger partial charge on any atom is -0.364 e. The van der Waals surface area contributed by atoms with E-state index >= 15 is 0 Å². The summed E-state index contributed by atoms with van der Waals surface area (Å²) < 4.78 is 5.61. The van der Waals surface area contributed by atoms with Gasteiger partial charge in [0.05, 0.1) is 6.10 Å². The van der Waals surface area contributed by atoms with Crippen molar-refractivity contribution in [2.24, 2.45) is 5.92 Å². The average Bonchev–Trinajstić information content (AvgIpc) is 2.24. The molecule has 0 aromatic heterocycles. The molecule has 1 N–H and O–H groups in total. The van der Waals surface area contributed by atoms with Crippen LogP contribution in [0.1, 0.15) is 46.0 Å². The van der Waals surface area contributed by atoms with E-state index in [2.05, 4.69) is 31.3 Å². The van der Waals surface area contributed by atoms with Crippen molar-refractivity contribution in [2.75, 3.05) is 13.2 Å². The van der Waals surface area contributed by atoms with Crippen LogP contribution in [0, 0.1) is 5.92 Å². The number of amides is 1. The van der Waals surface area contributed by atoms with Crippen molar-refractivity contribution in [1.82, 2.24) is 5.32 Å². The Morgan fingerprint density at radius 3 is 3.00 bits per heavy atom. The second-order valence-corrected chi connectivity index (χ2v) is 5.11. The van der Waals surface area contributed by atoms with Crippen LogP contribution in [0.3, 0.4) is 0 Å². The Morgan fingerprint density at radius 1 is 1.41 bits per heavy atom. The summed E-state index contributed by atoms with van der Waals surface area (Å²) in [5, 5.41) is 2.86. The number of hydrogen-bond donors (Lipinski definition) is 1. The molecule has 0 heterocycles. The van der Waals surface area contributed by atoms with Crippen molar-refractivity contribution in [1.29, 1.82) is 0 Å². The third-order valence-corrected chi connectivity index (χ3v) is 2.85. The van der Waals surface area contributed by atoms with Gasteiger partial charge in [-0.2, -0.15) is 0 Å². The van der Waals surface area contributed by atoms with Crippen LogP contribution in [0.4, 0.5) is 0 Å². The van der Waals surface area contributed by atoms with Crippen LogP contribution < -0.4 is 5.32 Å². The molecule has 0 aromatic rings. The first-order chi connectivity index (χ1) is 8.18. The fourth-order valence-electron chi connectivity index (χ4n) is 1.82. The fourth-order valence-corrected chi connectivity index (χ4v) is 1.82. The van der Waals surface area contributed by atoms with E-state index in [-0.39, 0.29) is 18.6 Å². The van der Waals surface area contributed by atoms with E-state index in [0.717, 1.165) is 19.4 Å². The lowest BCUT2D eigenvalue weighted by molar-refractivity contribution is -0.127. The summed E-state index contributed by atoms with van der Waals surface area (Å²) in [5.74, 6) is 0.481. The topological polar surface area (TPSA) is 38.3 Å². The van der Waals surface area contributed by atoms with Gasteiger partial charge < -0.3 is 10.1 Å². The van der Waals surface area contributed by atoms with Gasteiger partial charge in [0.15, 0.2) is 0 Å². The molecule has 0 saturated carbocycles. The quantitative estimate of drug-likeness (QED) is 0.749. The van der Waals surface area contributed by atoms with Gasteiger partial charge in [0, 0.05) is 6.54 Å². The Kier molecular flexibility index (Phi) is 6.94. The molecule has 17 heavy (non-hydrogen) atoms. The Bertz CT molecular complexity index is 249. The molecule has 1 unspecified atom stereocenters. The van der Waals surface area contributed by atoms with Crippen LogP contribution in [0.25, 0.3) is 0 Å². The summed E-state index contributed by atoms with van der Waals surface area (Å²) >= 11 is 0. The molecule has 0 bridgehead atoms. The molecule has 1 amide bonds. The Hall–Kier alpha value is -0.830. The van der Waals surface area contributed by atoms with Crippen LogP contribution in [-0.4, -0.2) is 25.2 Å². The van der Waals surface area contributed by atoms with E-state index in [1.807, 2.05) is 0 Å². The minimum atomic E-state index is -0.00541. The molecule has 0 aliphatic heterocycles. The molecule has 98 valence electrons. The SMILES string of the molecule is CC(C)CNC(=O)COC1/C=C\CCCCC1. The third kappa shape index (κ3) is 7.16. The first kappa shape index (κ1) is 14.2. The number of hydrogen-bond acceptors (Lipinski definition) is 2. The van der Waals surface area contributed by atoms with Gasteiger partial charge in [0.2, 0.25) is 5.91 Å². The van der Waals surface area contributed by atoms with Gasteiger partial charge in [-0.05, 0) is 25.2 Å². The number of rotatable bonds is 5. The highest BCUT2D eigenvalue weighted by molar-refractivity contribution is 5.77. The standard InChI is InChI=1S/C14H25NO2/c1-12(2)10-15-14(16)11-17-13-8-6-4-3-5-7-9-13/h6,8,12-13H,3-5,7,9-11H2,1-2H3,(H,15,16)/b8-6-. The number of ether oxygens (including phenoxy) is 1. The van der Waals surface area contributed by atoms with Gasteiger partial charge in [-0.15, -0.1) is 0 Å². The molecule has 0 spiro atoms. The van der Waals surface area contributed by atoms with Gasteiger partial charge in [-0.25, -0.2) is 0 Å². The predicted molar refractivity (Wildman–Crippen MR) is 69.8 cm³/mol. The highest BCUT2D eigenvalue weighted by Gasteiger charge is 2.10. The first-order valence-corrected chi connectivity index (χ1v) is 6.73. The number of carbonyl (C=O) groups excluding carboxylic acids is 1. The molecule has 1 rings (SSSR count). The van der Waals surface area contributed by atoms with E-state index in [9.17, 15) is 4.79 Å². The molecular weight excluding hydrogens is 214 g/mol. The van der Waals surface area contributed by atoms with Crippen molar-refractivity contribution in [2.45, 2.75) is 52.1 Å². The summed E-state index contributed by atoms with van der Waals surface area (Å²) in [6.07, 6.45) is 10.3. The Balaban J connectivity index is 2.19. The monoisotopic (exact) mass is 239 g/mol. The summed E-state index contributed by atoms with van der Waals surface area (Å²) in [6, 6.07) is 0. The lowest BCUT2D eigenvalue weighted by atomic mass is 10.0. The predicted octanol–water partition coefficient (Wildman–Crippen LogP) is 2.66. The van der Waals surface area contributed by atoms with E-state index in [1.54, 1.807) is 0 Å². The molecule has 3 nitrogen and oxygen atoms in total. The van der Waals surface area contributed by atoms with Crippen LogP contribution >= 0.6 is 0 Å². The first-order valence-electron chi connectivity index (χ1n) is 6.73. The van der Waals surface area contributed by atoms with Gasteiger partial charge in [0.1, 0.15) is 6.61 Å². The second-order valence-electron chi connectivity index (χ2n) is 5.11. The molecule has 1 aliphatic carbocycles. The lowest BCUT2D eigenvalue weighted by Crippen LogP contribution is -2.32. The van der Waals surface area contributed by atoms with Crippen molar-refractivity contribution < 1.29 is 9.53 Å². The molecule has 1 atom stereocenters. The average molecular weight is 239 g/mol. The molecule has 0 radical (unpaired) electrons. The third-order valence-electron chi connectivity index (χ3n) is 2.85. The van der Waals surface area contributed by atoms with E-state index < -0.39 is 0 Å². The smallest absolute Gasteiger partial charge is 0.246 e. The van der Waals surface area contributed by atoms with E-state index in [4.69, 9.17) is 4.74 Å². The normalized spacial score (nSPS) is 22.9. The van der Waals surface area contributed by atoms with Crippen LogP contribution in [0.2, 0.25) is 0 Å². The van der Waals surface area contributed by atoms with Crippen molar-refractivity contribution in [3.8, 4) is 0 Å². The molecule has 1 aliphatic rings. The summed E-state index contributed by atoms with van der Waals surface area (Å²) in [7, 11) is 0. The van der Waals surface area contributed by atoms with Gasteiger partial charge >= 0.3 is 0 Å². The zero-order chi connectivity index (χ0) is 12.5. The maximum atomic E-state index is 11.5. The Labute approximate surface area is 105 Å². The molecule has 0 saturated heterocycles. The van der Waals surface area contributed by atoms with Crippen molar-refractivity contribution in [3.05, 3.63) is 12.2 Å². The van der Waals surface area contributed by atoms with Gasteiger partial charge in [-0.3, -0.25) is 4.79 Å². The maximum Gasteiger partial charge on any atom is 0.246 e. The zero-order valence-corrected chi connectivity index (χ0v) is 11.1. The van der Waals surface area contributed by atoms with Gasteiger partial charge in [-0.1, -0.05) is 38.8 Å². The Morgan fingerprint density at radius 2 is 2.24 bits per heavy atom. The summed E-state index contributed by atoms with van der Waals surface area (Å²) in [6.45, 7) is 5.07. The summed E-state index contributed by atoms with van der Waals surface area (Å²) in [4.78, 5) is 11.5.